The molecular weight excluding hydrogens is 188 g/mol. The molecule has 0 saturated carbocycles. The van der Waals surface area contributed by atoms with E-state index < -0.39 is 6.10 Å². The lowest BCUT2D eigenvalue weighted by molar-refractivity contribution is -0.140. The molecule has 0 aromatic heterocycles. The van der Waals surface area contributed by atoms with Crippen LogP contribution in [0.15, 0.2) is 0 Å². The molecule has 0 radical (unpaired) electrons. The van der Waals surface area contributed by atoms with Crippen molar-refractivity contribution in [2.45, 2.75) is 19.1 Å². The van der Waals surface area contributed by atoms with Crippen molar-refractivity contribution in [3.8, 4) is 6.07 Å². The Hall–Kier alpha value is -0.730. The molecule has 0 bridgehead atoms. The number of nitriles is 1. The van der Waals surface area contributed by atoms with Crippen LogP contribution in [0, 0.1) is 11.3 Å². The van der Waals surface area contributed by atoms with E-state index in [4.69, 9.17) is 10.4 Å². The van der Waals surface area contributed by atoms with Gasteiger partial charge in [0.05, 0.1) is 6.07 Å². The quantitative estimate of drug-likeness (QED) is 0.638. The number of hydrogen-bond acceptors (Lipinski definition) is 4. The summed E-state index contributed by atoms with van der Waals surface area (Å²) in [6.07, 6.45) is -1.00. The van der Waals surface area contributed by atoms with Crippen LogP contribution in [0.25, 0.3) is 0 Å². The predicted molar refractivity (Wildman–Crippen MR) is 50.1 cm³/mol. The number of amides is 1. The van der Waals surface area contributed by atoms with E-state index in [1.165, 1.54) is 11.8 Å². The van der Waals surface area contributed by atoms with Gasteiger partial charge in [0.1, 0.15) is 12.1 Å². The molecule has 1 aliphatic rings. The first-order valence-electron chi connectivity index (χ1n) is 4.12. The van der Waals surface area contributed by atoms with Crippen LogP contribution in [0.5, 0.6) is 0 Å². The Balaban J connectivity index is 2.65. The van der Waals surface area contributed by atoms with E-state index in [9.17, 15) is 4.79 Å². The lowest BCUT2D eigenvalue weighted by Crippen LogP contribution is -2.48. The van der Waals surface area contributed by atoms with Gasteiger partial charge in [0, 0.05) is 18.1 Å². The number of carbonyl (C=O) groups is 1. The summed E-state index contributed by atoms with van der Waals surface area (Å²) in [7, 11) is 0. The average molecular weight is 200 g/mol. The zero-order valence-electron chi connectivity index (χ0n) is 7.43. The molecule has 0 spiro atoms. The van der Waals surface area contributed by atoms with Gasteiger partial charge in [-0.15, -0.1) is 0 Å². The Morgan fingerprint density at radius 1 is 1.85 bits per heavy atom. The fourth-order valence-electron chi connectivity index (χ4n) is 1.21. The third kappa shape index (κ3) is 2.36. The molecule has 4 nitrogen and oxygen atoms in total. The lowest BCUT2D eigenvalue weighted by atomic mass is 10.2. The van der Waals surface area contributed by atoms with Gasteiger partial charge in [-0.25, -0.2) is 0 Å². The van der Waals surface area contributed by atoms with E-state index >= 15 is 0 Å². The Bertz CT molecular complexity index is 237. The maximum atomic E-state index is 11.4. The number of aliphatic hydroxyl groups excluding tert-OH is 1. The molecule has 1 rings (SSSR count). The average Bonchev–Trinajstić information content (AvgIpc) is 2.16. The third-order valence-electron chi connectivity index (χ3n) is 1.92. The second-order valence-corrected chi connectivity index (χ2v) is 4.08. The highest BCUT2D eigenvalue weighted by molar-refractivity contribution is 7.99. The molecular formula is C8H12N2O2S. The molecule has 5 heteroatoms. The molecule has 1 heterocycles. The van der Waals surface area contributed by atoms with E-state index in [0.717, 1.165) is 5.75 Å². The minimum absolute atomic E-state index is 0.341. The van der Waals surface area contributed by atoms with Crippen molar-refractivity contribution in [3.05, 3.63) is 0 Å². The number of carbonyl (C=O) groups excluding carboxylic acids is 1. The fourth-order valence-corrected chi connectivity index (χ4v) is 2.18. The highest BCUT2D eigenvalue weighted by Crippen LogP contribution is 2.16. The van der Waals surface area contributed by atoms with Gasteiger partial charge >= 0.3 is 0 Å². The van der Waals surface area contributed by atoms with Crippen molar-refractivity contribution < 1.29 is 9.90 Å². The number of thioether (sulfide) groups is 1. The van der Waals surface area contributed by atoms with Gasteiger partial charge in [-0.2, -0.15) is 17.0 Å². The van der Waals surface area contributed by atoms with Gasteiger partial charge in [-0.3, -0.25) is 4.79 Å². The number of rotatable bonds is 1. The topological polar surface area (TPSA) is 64.3 Å². The van der Waals surface area contributed by atoms with Crippen LogP contribution in [-0.4, -0.2) is 46.1 Å². The van der Waals surface area contributed by atoms with Crippen molar-refractivity contribution >= 4 is 17.7 Å². The van der Waals surface area contributed by atoms with Gasteiger partial charge in [-0.05, 0) is 6.92 Å². The Kier molecular flexibility index (Phi) is 3.58. The van der Waals surface area contributed by atoms with E-state index in [1.54, 1.807) is 11.8 Å². The van der Waals surface area contributed by atoms with Gasteiger partial charge < -0.3 is 10.0 Å². The number of aliphatic hydroxyl groups is 1. The molecule has 1 amide bonds. The molecule has 1 aliphatic heterocycles. The predicted octanol–water partition coefficient (Wildman–Crippen LogP) is -0.165. The zero-order chi connectivity index (χ0) is 9.84. The number of hydrogen-bond donors (Lipinski definition) is 1. The first-order valence-corrected chi connectivity index (χ1v) is 5.28. The molecule has 72 valence electrons. The lowest BCUT2D eigenvalue weighted by Gasteiger charge is -2.31. The van der Waals surface area contributed by atoms with Crippen molar-refractivity contribution in [1.82, 2.24) is 4.90 Å². The summed E-state index contributed by atoms with van der Waals surface area (Å²) in [5.74, 6) is 1.15. The first-order chi connectivity index (χ1) is 6.16. The maximum Gasteiger partial charge on any atom is 0.252 e. The van der Waals surface area contributed by atoms with Crippen LogP contribution < -0.4 is 0 Å². The van der Waals surface area contributed by atoms with Crippen molar-refractivity contribution in [2.24, 2.45) is 0 Å². The fraction of sp³-hybridized carbons (Fsp3) is 0.750. The molecule has 1 N–H and O–H groups in total. The van der Waals surface area contributed by atoms with Crippen LogP contribution in [0.2, 0.25) is 0 Å². The molecule has 1 fully saturated rings. The molecule has 0 aromatic rings. The van der Waals surface area contributed by atoms with Gasteiger partial charge in [-0.1, -0.05) is 0 Å². The second-order valence-electron chi connectivity index (χ2n) is 2.93. The molecule has 1 saturated heterocycles. The van der Waals surface area contributed by atoms with E-state index in [2.05, 4.69) is 6.07 Å². The van der Waals surface area contributed by atoms with Crippen molar-refractivity contribution in [3.63, 3.8) is 0 Å². The smallest absolute Gasteiger partial charge is 0.252 e. The number of nitrogens with zero attached hydrogens (tertiary/aromatic N) is 2. The summed E-state index contributed by atoms with van der Waals surface area (Å²) in [6.45, 7) is 1.99. The van der Waals surface area contributed by atoms with Crippen LogP contribution in [0.3, 0.4) is 0 Å². The van der Waals surface area contributed by atoms with Crippen LogP contribution in [0.4, 0.5) is 0 Å². The molecule has 1 unspecified atom stereocenters. The second kappa shape index (κ2) is 4.49. The van der Waals surface area contributed by atoms with Gasteiger partial charge in [0.25, 0.3) is 5.91 Å². The van der Waals surface area contributed by atoms with Crippen molar-refractivity contribution in [2.75, 3.05) is 18.1 Å². The largest absolute Gasteiger partial charge is 0.384 e. The highest BCUT2D eigenvalue weighted by Gasteiger charge is 2.28. The first kappa shape index (κ1) is 10.4. The van der Waals surface area contributed by atoms with Crippen molar-refractivity contribution in [1.29, 1.82) is 5.26 Å². The summed E-state index contributed by atoms with van der Waals surface area (Å²) in [4.78, 5) is 12.8. The summed E-state index contributed by atoms with van der Waals surface area (Å²) in [5.41, 5.74) is 0. The summed E-state index contributed by atoms with van der Waals surface area (Å²) in [5, 5.41) is 17.8. The summed E-state index contributed by atoms with van der Waals surface area (Å²) >= 11 is 1.66. The Labute approximate surface area is 81.5 Å². The summed E-state index contributed by atoms with van der Waals surface area (Å²) in [6, 6.07) is 1.69. The van der Waals surface area contributed by atoms with Gasteiger partial charge in [0.2, 0.25) is 0 Å². The zero-order valence-corrected chi connectivity index (χ0v) is 8.25. The normalized spacial score (nSPS) is 25.0. The monoisotopic (exact) mass is 200 g/mol. The minimum atomic E-state index is -1.00. The highest BCUT2D eigenvalue weighted by atomic mass is 32.2. The summed E-state index contributed by atoms with van der Waals surface area (Å²) < 4.78 is 0. The third-order valence-corrected chi connectivity index (χ3v) is 2.94. The van der Waals surface area contributed by atoms with E-state index in [-0.39, 0.29) is 11.9 Å². The van der Waals surface area contributed by atoms with Crippen LogP contribution >= 0.6 is 11.8 Å². The SMILES string of the molecule is C[C@H](O)C(=O)N1CCSCC1C#N. The molecule has 13 heavy (non-hydrogen) atoms. The molecule has 2 atom stereocenters. The maximum absolute atomic E-state index is 11.4. The van der Waals surface area contributed by atoms with Crippen LogP contribution in [0.1, 0.15) is 6.92 Å². The van der Waals surface area contributed by atoms with E-state index in [1.807, 2.05) is 0 Å². The Morgan fingerprint density at radius 2 is 2.54 bits per heavy atom. The standard InChI is InChI=1S/C8H12N2O2S/c1-6(11)8(12)10-2-3-13-5-7(10)4-9/h6-7,11H,2-3,5H2,1H3/t6-,7?/m0/s1. The molecule has 0 aliphatic carbocycles. The molecule has 0 aromatic carbocycles. The minimum Gasteiger partial charge on any atom is -0.384 e. The van der Waals surface area contributed by atoms with Gasteiger partial charge in [0.15, 0.2) is 0 Å². The van der Waals surface area contributed by atoms with E-state index in [0.29, 0.717) is 12.3 Å². The van der Waals surface area contributed by atoms with Crippen LogP contribution in [-0.2, 0) is 4.79 Å². The Morgan fingerprint density at radius 3 is 3.08 bits per heavy atom.